The van der Waals surface area contributed by atoms with Gasteiger partial charge >= 0.3 is 6.18 Å². The van der Waals surface area contributed by atoms with Crippen molar-refractivity contribution < 1.29 is 13.2 Å². The second-order valence-electron chi connectivity index (χ2n) is 4.67. The molecule has 1 fully saturated rings. The Balaban J connectivity index is 2.24. The van der Waals surface area contributed by atoms with Gasteiger partial charge in [0.05, 0.1) is 6.42 Å². The van der Waals surface area contributed by atoms with Gasteiger partial charge in [0.2, 0.25) is 0 Å². The fourth-order valence-electron chi connectivity index (χ4n) is 2.05. The van der Waals surface area contributed by atoms with Gasteiger partial charge in [0.1, 0.15) is 0 Å². The van der Waals surface area contributed by atoms with Crippen LogP contribution >= 0.6 is 0 Å². The summed E-state index contributed by atoms with van der Waals surface area (Å²) < 4.78 is 36.1. The highest BCUT2D eigenvalue weighted by molar-refractivity contribution is 4.91. The second kappa shape index (κ2) is 4.70. The normalized spacial score (nSPS) is 23.0. The summed E-state index contributed by atoms with van der Waals surface area (Å²) in [4.78, 5) is 0. The Morgan fingerprint density at radius 2 is 1.87 bits per heavy atom. The van der Waals surface area contributed by atoms with E-state index < -0.39 is 18.6 Å². The summed E-state index contributed by atoms with van der Waals surface area (Å²) in [5.74, 6) is 0. The lowest BCUT2D eigenvalue weighted by Crippen LogP contribution is -2.49. The van der Waals surface area contributed by atoms with Gasteiger partial charge in [-0.05, 0) is 19.8 Å². The second-order valence-corrected chi connectivity index (χ2v) is 4.67. The summed E-state index contributed by atoms with van der Waals surface area (Å²) in [7, 11) is 0. The molecule has 0 heterocycles. The van der Waals surface area contributed by atoms with Gasteiger partial charge in [-0.15, -0.1) is 0 Å². The van der Waals surface area contributed by atoms with Gasteiger partial charge in [-0.2, -0.15) is 13.2 Å². The van der Waals surface area contributed by atoms with Crippen LogP contribution in [0.2, 0.25) is 0 Å². The van der Waals surface area contributed by atoms with Crippen LogP contribution in [-0.2, 0) is 0 Å². The summed E-state index contributed by atoms with van der Waals surface area (Å²) in [5.41, 5.74) is 5.75. The molecule has 1 unspecified atom stereocenters. The van der Waals surface area contributed by atoms with Gasteiger partial charge < -0.3 is 11.1 Å². The number of hydrogen-bond donors (Lipinski definition) is 2. The molecule has 0 aromatic carbocycles. The van der Waals surface area contributed by atoms with Crippen molar-refractivity contribution in [3.8, 4) is 0 Å². The van der Waals surface area contributed by atoms with Crippen LogP contribution in [0.5, 0.6) is 0 Å². The van der Waals surface area contributed by atoms with Crippen molar-refractivity contribution in [3.63, 3.8) is 0 Å². The minimum Gasteiger partial charge on any atom is -0.324 e. The topological polar surface area (TPSA) is 38.0 Å². The maximum atomic E-state index is 12.0. The Hall–Kier alpha value is -0.290. The summed E-state index contributed by atoms with van der Waals surface area (Å²) in [5, 5.41) is 2.88. The number of hydrogen-bond acceptors (Lipinski definition) is 2. The van der Waals surface area contributed by atoms with E-state index in [1.54, 1.807) is 6.92 Å². The molecule has 0 saturated heterocycles. The SMILES string of the molecule is CC(CC(F)(F)F)NCC1(N)CCCC1. The van der Waals surface area contributed by atoms with Gasteiger partial charge in [0, 0.05) is 18.1 Å². The lowest BCUT2D eigenvalue weighted by molar-refractivity contribution is -0.139. The van der Waals surface area contributed by atoms with E-state index in [-0.39, 0.29) is 5.54 Å². The molecule has 3 N–H and O–H groups in total. The van der Waals surface area contributed by atoms with Crippen molar-refractivity contribution in [2.45, 2.75) is 56.8 Å². The van der Waals surface area contributed by atoms with Crippen LogP contribution in [0.25, 0.3) is 0 Å². The number of rotatable bonds is 4. The standard InChI is InChI=1S/C10H19F3N2/c1-8(6-10(11,12)13)15-7-9(14)4-2-3-5-9/h8,15H,2-7,14H2,1H3. The molecule has 15 heavy (non-hydrogen) atoms. The van der Waals surface area contributed by atoms with E-state index in [2.05, 4.69) is 5.32 Å². The van der Waals surface area contributed by atoms with E-state index in [4.69, 9.17) is 5.73 Å². The molecule has 90 valence electrons. The van der Waals surface area contributed by atoms with Crippen molar-refractivity contribution in [1.29, 1.82) is 0 Å². The largest absolute Gasteiger partial charge is 0.390 e. The maximum absolute atomic E-state index is 12.0. The van der Waals surface area contributed by atoms with E-state index in [1.807, 2.05) is 0 Å². The fraction of sp³-hybridized carbons (Fsp3) is 1.00. The molecule has 0 spiro atoms. The molecule has 0 aromatic heterocycles. The molecule has 0 aliphatic heterocycles. The highest BCUT2D eigenvalue weighted by Gasteiger charge is 2.32. The number of nitrogens with one attached hydrogen (secondary N) is 1. The predicted molar refractivity (Wildman–Crippen MR) is 53.5 cm³/mol. The van der Waals surface area contributed by atoms with Crippen molar-refractivity contribution >= 4 is 0 Å². The Morgan fingerprint density at radius 3 is 2.33 bits per heavy atom. The molecule has 0 radical (unpaired) electrons. The van der Waals surface area contributed by atoms with Crippen molar-refractivity contribution in [2.75, 3.05) is 6.54 Å². The highest BCUT2D eigenvalue weighted by Crippen LogP contribution is 2.27. The van der Waals surface area contributed by atoms with E-state index in [1.165, 1.54) is 0 Å². The molecule has 2 nitrogen and oxygen atoms in total. The zero-order valence-corrected chi connectivity index (χ0v) is 9.03. The third-order valence-corrected chi connectivity index (χ3v) is 2.94. The Morgan fingerprint density at radius 1 is 1.33 bits per heavy atom. The van der Waals surface area contributed by atoms with Crippen molar-refractivity contribution in [1.82, 2.24) is 5.32 Å². The monoisotopic (exact) mass is 224 g/mol. The molecule has 0 aromatic rings. The number of nitrogens with two attached hydrogens (primary N) is 1. The number of alkyl halides is 3. The molecule has 1 aliphatic carbocycles. The lowest BCUT2D eigenvalue weighted by atomic mass is 9.99. The third kappa shape index (κ3) is 4.84. The van der Waals surface area contributed by atoms with E-state index in [0.717, 1.165) is 25.7 Å². The zero-order valence-electron chi connectivity index (χ0n) is 9.03. The lowest BCUT2D eigenvalue weighted by Gasteiger charge is -2.26. The zero-order chi connectivity index (χ0) is 11.5. The summed E-state index contributed by atoms with van der Waals surface area (Å²) >= 11 is 0. The maximum Gasteiger partial charge on any atom is 0.390 e. The van der Waals surface area contributed by atoms with Gasteiger partial charge in [0.15, 0.2) is 0 Å². The molecule has 0 bridgehead atoms. The van der Waals surface area contributed by atoms with Crippen LogP contribution in [0, 0.1) is 0 Å². The summed E-state index contributed by atoms with van der Waals surface area (Å²) in [6.07, 6.45) is -0.873. The van der Waals surface area contributed by atoms with Crippen LogP contribution in [0.3, 0.4) is 0 Å². The van der Waals surface area contributed by atoms with Crippen LogP contribution in [-0.4, -0.2) is 24.3 Å². The molecule has 1 rings (SSSR count). The highest BCUT2D eigenvalue weighted by atomic mass is 19.4. The van der Waals surface area contributed by atoms with Crippen molar-refractivity contribution in [2.24, 2.45) is 5.73 Å². The van der Waals surface area contributed by atoms with Crippen LogP contribution in [0.15, 0.2) is 0 Å². The van der Waals surface area contributed by atoms with Crippen LogP contribution in [0.1, 0.15) is 39.0 Å². The minimum atomic E-state index is -4.09. The Bertz CT molecular complexity index is 197. The average Bonchev–Trinajstić information content (AvgIpc) is 2.47. The molecule has 1 aliphatic rings. The van der Waals surface area contributed by atoms with Crippen molar-refractivity contribution in [3.05, 3.63) is 0 Å². The van der Waals surface area contributed by atoms with Crippen LogP contribution in [0.4, 0.5) is 13.2 Å². The molecular weight excluding hydrogens is 205 g/mol. The third-order valence-electron chi connectivity index (χ3n) is 2.94. The number of halogens is 3. The molecule has 0 amide bonds. The fourth-order valence-corrected chi connectivity index (χ4v) is 2.05. The Labute approximate surface area is 88.4 Å². The van der Waals surface area contributed by atoms with Gasteiger partial charge in [0.25, 0.3) is 0 Å². The van der Waals surface area contributed by atoms with Crippen LogP contribution < -0.4 is 11.1 Å². The Kier molecular flexibility index (Phi) is 4.00. The van der Waals surface area contributed by atoms with Gasteiger partial charge in [-0.3, -0.25) is 0 Å². The van der Waals surface area contributed by atoms with E-state index >= 15 is 0 Å². The smallest absolute Gasteiger partial charge is 0.324 e. The van der Waals surface area contributed by atoms with E-state index in [0.29, 0.717) is 6.54 Å². The minimum absolute atomic E-state index is 0.278. The van der Waals surface area contributed by atoms with Gasteiger partial charge in [-0.1, -0.05) is 12.8 Å². The summed E-state index contributed by atoms with van der Waals surface area (Å²) in [6.45, 7) is 2.04. The first-order valence-electron chi connectivity index (χ1n) is 5.40. The molecular formula is C10H19F3N2. The molecule has 1 atom stereocenters. The van der Waals surface area contributed by atoms with E-state index in [9.17, 15) is 13.2 Å². The molecule has 1 saturated carbocycles. The first-order chi connectivity index (χ1) is 6.81. The first kappa shape index (κ1) is 12.8. The summed E-state index contributed by atoms with van der Waals surface area (Å²) in [6, 6.07) is -0.550. The van der Waals surface area contributed by atoms with Gasteiger partial charge in [-0.25, -0.2) is 0 Å². The molecule has 5 heteroatoms. The quantitative estimate of drug-likeness (QED) is 0.768. The first-order valence-corrected chi connectivity index (χ1v) is 5.40. The average molecular weight is 224 g/mol. The predicted octanol–water partition coefficient (Wildman–Crippen LogP) is 2.19.